The first-order chi connectivity index (χ1) is 29.1. The third-order valence-corrected chi connectivity index (χ3v) is 10.5. The van der Waals surface area contributed by atoms with Crippen LogP contribution in [-0.2, 0) is 33.5 Å². The molecule has 0 aromatic heterocycles. The van der Waals surface area contributed by atoms with E-state index in [1.54, 1.807) is 61.5 Å². The number of ketones is 2. The van der Waals surface area contributed by atoms with Crippen molar-refractivity contribution in [1.82, 2.24) is 31.5 Å². The van der Waals surface area contributed by atoms with Gasteiger partial charge >= 0.3 is 12.1 Å². The maximum atomic E-state index is 14.6. The van der Waals surface area contributed by atoms with E-state index < -0.39 is 84.2 Å². The molecule has 0 radical (unpaired) electrons. The standard InChI is InChI=1S/C43H58N8O10/c1-5-12-32(37(54)40(57)45-22-34(53)49-35(38(44)55)28-13-8-6-9-14-28)48-39(56)33-21-31(47-42(59)46-30-19-17-27(18-20-30)26(4)52)23-51(33)41(58)36(29-15-10-7-11-16-29)50-43(60)61-24-25(2)3/h6,8-9,13-14,17-20,25,29,31-33,35-36H,5,7,10-12,15-16,21-24H2,1-4H3,(H2,44,55)(H,45,57)(H,48,56)(H,49,53)(H,50,60)(H2,46,47,59)/t31-,32?,33?,35?,36+/m1/s1. The zero-order valence-corrected chi connectivity index (χ0v) is 35.1. The number of rotatable bonds is 19. The maximum Gasteiger partial charge on any atom is 0.407 e. The number of carbonyl (C=O) groups is 9. The van der Waals surface area contributed by atoms with Gasteiger partial charge in [0.25, 0.3) is 5.91 Å². The van der Waals surface area contributed by atoms with Crippen LogP contribution in [0.5, 0.6) is 0 Å². The molecule has 61 heavy (non-hydrogen) atoms. The van der Waals surface area contributed by atoms with E-state index in [4.69, 9.17) is 10.5 Å². The smallest absolute Gasteiger partial charge is 0.407 e. The number of hydrogen-bond donors (Lipinski definition) is 7. The lowest BCUT2D eigenvalue weighted by Gasteiger charge is -2.34. The molecule has 1 heterocycles. The van der Waals surface area contributed by atoms with Crippen LogP contribution in [0.1, 0.15) is 101 Å². The van der Waals surface area contributed by atoms with Crippen LogP contribution in [0.2, 0.25) is 0 Å². The second-order valence-corrected chi connectivity index (χ2v) is 15.9. The van der Waals surface area contributed by atoms with Crippen LogP contribution in [0.15, 0.2) is 54.6 Å². The Labute approximate surface area is 355 Å². The number of anilines is 1. The van der Waals surface area contributed by atoms with Gasteiger partial charge in [-0.3, -0.25) is 33.6 Å². The van der Waals surface area contributed by atoms with E-state index in [0.717, 1.165) is 19.3 Å². The van der Waals surface area contributed by atoms with Gasteiger partial charge in [0.2, 0.25) is 29.4 Å². The Bertz CT molecular complexity index is 1900. The summed E-state index contributed by atoms with van der Waals surface area (Å²) in [6.07, 6.45) is 3.47. The molecule has 1 aliphatic carbocycles. The van der Waals surface area contributed by atoms with Gasteiger partial charge in [-0.25, -0.2) is 9.59 Å². The van der Waals surface area contributed by atoms with Crippen molar-refractivity contribution in [2.75, 3.05) is 25.0 Å². The Balaban J connectivity index is 1.51. The van der Waals surface area contributed by atoms with Crippen LogP contribution in [0, 0.1) is 11.8 Å². The topological polar surface area (TPSA) is 264 Å². The van der Waals surface area contributed by atoms with Crippen molar-refractivity contribution in [3.63, 3.8) is 0 Å². The van der Waals surface area contributed by atoms with Crippen molar-refractivity contribution in [3.05, 3.63) is 65.7 Å². The number of amides is 8. The predicted molar refractivity (Wildman–Crippen MR) is 224 cm³/mol. The Morgan fingerprint density at radius 3 is 2.15 bits per heavy atom. The minimum Gasteiger partial charge on any atom is -0.449 e. The molecule has 2 aliphatic rings. The molecule has 0 bridgehead atoms. The molecule has 0 spiro atoms. The molecule has 2 aromatic rings. The zero-order valence-electron chi connectivity index (χ0n) is 35.1. The highest BCUT2D eigenvalue weighted by molar-refractivity contribution is 6.38. The Kier molecular flexibility index (Phi) is 17.8. The Morgan fingerprint density at radius 2 is 1.54 bits per heavy atom. The fraction of sp³-hybridized carbons (Fsp3) is 0.512. The molecule has 330 valence electrons. The quantitative estimate of drug-likeness (QED) is 0.0803. The molecule has 2 aromatic carbocycles. The van der Waals surface area contributed by atoms with Crippen LogP contribution < -0.4 is 37.6 Å². The second-order valence-electron chi connectivity index (χ2n) is 15.9. The molecule has 4 rings (SSSR count). The summed E-state index contributed by atoms with van der Waals surface area (Å²) < 4.78 is 5.37. The summed E-state index contributed by atoms with van der Waals surface area (Å²) in [4.78, 5) is 119. The number of likely N-dealkylation sites (tertiary alicyclic amines) is 1. The highest BCUT2D eigenvalue weighted by Gasteiger charge is 2.45. The summed E-state index contributed by atoms with van der Waals surface area (Å²) in [6.45, 7) is 6.23. The highest BCUT2D eigenvalue weighted by atomic mass is 16.5. The van der Waals surface area contributed by atoms with E-state index in [9.17, 15) is 43.2 Å². The summed E-state index contributed by atoms with van der Waals surface area (Å²) in [6, 6.07) is 8.22. The number of primary amides is 1. The first kappa shape index (κ1) is 47.3. The van der Waals surface area contributed by atoms with Gasteiger partial charge in [-0.05, 0) is 74.3 Å². The highest BCUT2D eigenvalue weighted by Crippen LogP contribution is 2.30. The van der Waals surface area contributed by atoms with Gasteiger partial charge in [0.05, 0.1) is 25.2 Å². The number of nitrogens with zero attached hydrogens (tertiary/aromatic N) is 1. The van der Waals surface area contributed by atoms with E-state index in [0.29, 0.717) is 36.1 Å². The number of carbonyl (C=O) groups excluding carboxylic acids is 9. The largest absolute Gasteiger partial charge is 0.449 e. The Hall–Kier alpha value is -6.33. The minimum atomic E-state index is -1.35. The average Bonchev–Trinajstić information content (AvgIpc) is 3.66. The third kappa shape index (κ3) is 14.1. The lowest BCUT2D eigenvalue weighted by molar-refractivity contribution is -0.143. The molecule has 1 saturated carbocycles. The van der Waals surface area contributed by atoms with E-state index in [1.807, 2.05) is 13.8 Å². The molecule has 8 amide bonds. The van der Waals surface area contributed by atoms with E-state index in [1.165, 1.54) is 11.8 Å². The molecule has 5 atom stereocenters. The first-order valence-corrected chi connectivity index (χ1v) is 20.8. The van der Waals surface area contributed by atoms with Crippen molar-refractivity contribution in [2.45, 2.75) is 109 Å². The van der Waals surface area contributed by atoms with Gasteiger partial charge in [0.15, 0.2) is 5.78 Å². The normalized spacial score (nSPS) is 17.8. The number of nitrogens with one attached hydrogen (secondary N) is 6. The number of alkyl carbamates (subject to hydrolysis) is 1. The van der Waals surface area contributed by atoms with E-state index in [2.05, 4.69) is 31.9 Å². The second kappa shape index (κ2) is 22.9. The van der Waals surface area contributed by atoms with Gasteiger partial charge in [-0.1, -0.05) is 76.8 Å². The molecule has 18 nitrogen and oxygen atoms in total. The monoisotopic (exact) mass is 846 g/mol. The molecule has 1 saturated heterocycles. The van der Waals surface area contributed by atoms with Crippen LogP contribution in [-0.4, -0.2) is 102 Å². The van der Waals surface area contributed by atoms with E-state index in [-0.39, 0.29) is 43.6 Å². The molecular weight excluding hydrogens is 789 g/mol. The van der Waals surface area contributed by atoms with Gasteiger partial charge < -0.3 is 47.3 Å². The number of hydrogen-bond acceptors (Lipinski definition) is 10. The maximum absolute atomic E-state index is 14.6. The Morgan fingerprint density at radius 1 is 0.869 bits per heavy atom. The van der Waals surface area contributed by atoms with Crippen molar-refractivity contribution in [1.29, 1.82) is 0 Å². The molecular formula is C43H58N8O10. The van der Waals surface area contributed by atoms with Crippen molar-refractivity contribution in [2.24, 2.45) is 17.6 Å². The average molecular weight is 847 g/mol. The van der Waals surface area contributed by atoms with Crippen LogP contribution in [0.25, 0.3) is 0 Å². The molecule has 3 unspecified atom stereocenters. The lowest BCUT2D eigenvalue weighted by atomic mass is 9.83. The van der Waals surface area contributed by atoms with Gasteiger partial charge in [-0.15, -0.1) is 0 Å². The van der Waals surface area contributed by atoms with E-state index >= 15 is 0 Å². The van der Waals surface area contributed by atoms with Crippen molar-refractivity contribution >= 4 is 58.9 Å². The zero-order chi connectivity index (χ0) is 44.6. The minimum absolute atomic E-state index is 0.0308. The summed E-state index contributed by atoms with van der Waals surface area (Å²) in [5.41, 5.74) is 6.75. The predicted octanol–water partition coefficient (Wildman–Crippen LogP) is 2.62. The fourth-order valence-corrected chi connectivity index (χ4v) is 7.42. The van der Waals surface area contributed by atoms with Gasteiger partial charge in [-0.2, -0.15) is 0 Å². The number of benzene rings is 2. The number of Topliss-reactive ketones (excluding diaryl/α,β-unsaturated/α-hetero) is 2. The molecule has 8 N–H and O–H groups in total. The third-order valence-electron chi connectivity index (χ3n) is 10.5. The summed E-state index contributed by atoms with van der Waals surface area (Å²) in [5.74, 6) is -5.55. The SMILES string of the molecule is CCCC(NC(=O)C1C[C@@H](NC(=O)Nc2ccc(C(C)=O)cc2)CN1C(=O)[C@@H](NC(=O)OCC(C)C)C1CCCCC1)C(=O)C(=O)NCC(=O)NC(C(N)=O)c1ccccc1. The summed E-state index contributed by atoms with van der Waals surface area (Å²) in [7, 11) is 0. The van der Waals surface area contributed by atoms with Crippen molar-refractivity contribution in [3.8, 4) is 0 Å². The van der Waals surface area contributed by atoms with Gasteiger partial charge in [0, 0.05) is 17.8 Å². The van der Waals surface area contributed by atoms with Crippen LogP contribution >= 0.6 is 0 Å². The van der Waals surface area contributed by atoms with Crippen LogP contribution in [0.4, 0.5) is 15.3 Å². The van der Waals surface area contributed by atoms with Crippen LogP contribution in [0.3, 0.4) is 0 Å². The summed E-state index contributed by atoms with van der Waals surface area (Å²) in [5, 5.41) is 15.5. The first-order valence-electron chi connectivity index (χ1n) is 20.8. The summed E-state index contributed by atoms with van der Waals surface area (Å²) >= 11 is 0. The molecule has 18 heteroatoms. The molecule has 1 aliphatic heterocycles. The van der Waals surface area contributed by atoms with Gasteiger partial charge in [0.1, 0.15) is 18.1 Å². The number of nitrogens with two attached hydrogens (primary N) is 1. The number of urea groups is 1. The number of ether oxygens (including phenoxy) is 1. The fourth-order valence-electron chi connectivity index (χ4n) is 7.42. The molecule has 2 fully saturated rings. The van der Waals surface area contributed by atoms with Crippen molar-refractivity contribution < 1.29 is 47.9 Å². The lowest BCUT2D eigenvalue weighted by Crippen LogP contribution is -2.58.